The molecule has 3 heteroatoms. The molecule has 20 heavy (non-hydrogen) atoms. The highest BCUT2D eigenvalue weighted by molar-refractivity contribution is 5.21. The van der Waals surface area contributed by atoms with E-state index in [0.29, 0.717) is 0 Å². The largest absolute Gasteiger partial charge is 0.310 e. The first-order chi connectivity index (χ1) is 9.69. The SMILES string of the molecule is CCNC(CCC1CCCCC1)c1cc(F)cc(F)c1. The van der Waals surface area contributed by atoms with Crippen molar-refractivity contribution in [1.29, 1.82) is 0 Å². The molecule has 1 N–H and O–H groups in total. The van der Waals surface area contributed by atoms with Crippen molar-refractivity contribution in [3.05, 3.63) is 35.4 Å². The van der Waals surface area contributed by atoms with E-state index in [4.69, 9.17) is 0 Å². The quantitative estimate of drug-likeness (QED) is 0.775. The van der Waals surface area contributed by atoms with E-state index in [1.165, 1.54) is 44.2 Å². The Morgan fingerprint density at radius 2 is 1.75 bits per heavy atom. The molecule has 1 aliphatic rings. The summed E-state index contributed by atoms with van der Waals surface area (Å²) in [6.07, 6.45) is 8.78. The number of hydrogen-bond acceptors (Lipinski definition) is 1. The minimum Gasteiger partial charge on any atom is -0.310 e. The minimum absolute atomic E-state index is 0.0622. The Kier molecular flexibility index (Phi) is 5.96. The third kappa shape index (κ3) is 4.55. The van der Waals surface area contributed by atoms with Crippen LogP contribution >= 0.6 is 0 Å². The van der Waals surface area contributed by atoms with Crippen molar-refractivity contribution >= 4 is 0 Å². The highest BCUT2D eigenvalue weighted by Gasteiger charge is 2.18. The molecule has 1 atom stereocenters. The number of rotatable bonds is 6. The molecule has 1 aliphatic carbocycles. The highest BCUT2D eigenvalue weighted by atomic mass is 19.1. The fourth-order valence-electron chi connectivity index (χ4n) is 3.29. The van der Waals surface area contributed by atoms with Gasteiger partial charge in [-0.05, 0) is 43.0 Å². The Morgan fingerprint density at radius 1 is 1.10 bits per heavy atom. The molecule has 0 spiro atoms. The van der Waals surface area contributed by atoms with E-state index in [9.17, 15) is 8.78 Å². The zero-order valence-corrected chi connectivity index (χ0v) is 12.3. The van der Waals surface area contributed by atoms with E-state index in [1.807, 2.05) is 6.92 Å². The normalized spacial score (nSPS) is 18.1. The van der Waals surface area contributed by atoms with Crippen molar-refractivity contribution in [3.63, 3.8) is 0 Å². The lowest BCUT2D eigenvalue weighted by atomic mass is 9.84. The lowest BCUT2D eigenvalue weighted by Gasteiger charge is -2.25. The smallest absolute Gasteiger partial charge is 0.126 e. The Balaban J connectivity index is 1.98. The van der Waals surface area contributed by atoms with Gasteiger partial charge in [-0.2, -0.15) is 0 Å². The summed E-state index contributed by atoms with van der Waals surface area (Å²) < 4.78 is 26.7. The van der Waals surface area contributed by atoms with E-state index in [2.05, 4.69) is 5.32 Å². The molecule has 0 bridgehead atoms. The van der Waals surface area contributed by atoms with Crippen LogP contribution in [0.25, 0.3) is 0 Å². The second-order valence-electron chi connectivity index (χ2n) is 5.89. The molecular weight excluding hydrogens is 256 g/mol. The van der Waals surface area contributed by atoms with E-state index in [0.717, 1.165) is 36.9 Å². The molecule has 1 aromatic rings. The molecule has 0 saturated heterocycles. The molecular formula is C17H25F2N. The molecule has 2 rings (SSSR count). The number of halogens is 2. The molecule has 0 aromatic heterocycles. The first-order valence-electron chi connectivity index (χ1n) is 7.88. The molecule has 1 fully saturated rings. The minimum atomic E-state index is -0.486. The van der Waals surface area contributed by atoms with Crippen LogP contribution in [0.2, 0.25) is 0 Å². The average molecular weight is 281 g/mol. The molecule has 0 aliphatic heterocycles. The summed E-state index contributed by atoms with van der Waals surface area (Å²) in [4.78, 5) is 0. The van der Waals surface area contributed by atoms with Gasteiger partial charge in [-0.15, -0.1) is 0 Å². The van der Waals surface area contributed by atoms with Crippen LogP contribution in [0, 0.1) is 17.6 Å². The zero-order chi connectivity index (χ0) is 14.4. The summed E-state index contributed by atoms with van der Waals surface area (Å²) in [6.45, 7) is 2.84. The maximum atomic E-state index is 13.4. The first-order valence-corrected chi connectivity index (χ1v) is 7.88. The Bertz CT molecular complexity index is 393. The monoisotopic (exact) mass is 281 g/mol. The summed E-state index contributed by atoms with van der Waals surface area (Å²) in [7, 11) is 0. The molecule has 1 unspecified atom stereocenters. The molecule has 0 amide bonds. The van der Waals surface area contributed by atoms with E-state index >= 15 is 0 Å². The number of nitrogens with one attached hydrogen (secondary N) is 1. The predicted molar refractivity (Wildman–Crippen MR) is 78.6 cm³/mol. The Morgan fingerprint density at radius 3 is 2.35 bits per heavy atom. The van der Waals surface area contributed by atoms with Crippen LogP contribution in [-0.2, 0) is 0 Å². The van der Waals surface area contributed by atoms with Gasteiger partial charge in [0.05, 0.1) is 0 Å². The third-order valence-corrected chi connectivity index (χ3v) is 4.33. The number of benzene rings is 1. The summed E-state index contributed by atoms with van der Waals surface area (Å²) in [6, 6.07) is 3.91. The van der Waals surface area contributed by atoms with Crippen molar-refractivity contribution in [2.24, 2.45) is 5.92 Å². The fraction of sp³-hybridized carbons (Fsp3) is 0.647. The fourth-order valence-corrected chi connectivity index (χ4v) is 3.29. The summed E-state index contributed by atoms with van der Waals surface area (Å²) in [5, 5.41) is 3.36. The molecule has 112 valence electrons. The van der Waals surface area contributed by atoms with Crippen molar-refractivity contribution in [2.45, 2.75) is 57.9 Å². The predicted octanol–water partition coefficient (Wildman–Crippen LogP) is 4.98. The van der Waals surface area contributed by atoms with Crippen LogP contribution in [0.3, 0.4) is 0 Å². The van der Waals surface area contributed by atoms with Gasteiger partial charge in [-0.25, -0.2) is 8.78 Å². The molecule has 0 radical (unpaired) electrons. The standard InChI is InChI=1S/C17H25F2N/c1-2-20-17(9-8-13-6-4-3-5-7-13)14-10-15(18)12-16(19)11-14/h10-13,17,20H,2-9H2,1H3. The van der Waals surface area contributed by atoms with Crippen molar-refractivity contribution < 1.29 is 8.78 Å². The molecule has 0 heterocycles. The Hall–Kier alpha value is -0.960. The van der Waals surface area contributed by atoms with Gasteiger partial charge in [-0.1, -0.05) is 39.0 Å². The molecule has 1 nitrogen and oxygen atoms in total. The van der Waals surface area contributed by atoms with Crippen LogP contribution in [0.1, 0.15) is 63.5 Å². The molecule has 1 aromatic carbocycles. The van der Waals surface area contributed by atoms with Gasteiger partial charge in [0.15, 0.2) is 0 Å². The van der Waals surface area contributed by atoms with Crippen molar-refractivity contribution in [2.75, 3.05) is 6.54 Å². The van der Waals surface area contributed by atoms with Gasteiger partial charge in [-0.3, -0.25) is 0 Å². The summed E-state index contributed by atoms with van der Waals surface area (Å²) >= 11 is 0. The van der Waals surface area contributed by atoms with E-state index in [1.54, 1.807) is 0 Å². The zero-order valence-electron chi connectivity index (χ0n) is 12.3. The Labute approximate surface area is 120 Å². The van der Waals surface area contributed by atoms with Gasteiger partial charge in [0.2, 0.25) is 0 Å². The van der Waals surface area contributed by atoms with Crippen molar-refractivity contribution in [3.8, 4) is 0 Å². The van der Waals surface area contributed by atoms with Gasteiger partial charge in [0, 0.05) is 12.1 Å². The maximum Gasteiger partial charge on any atom is 0.126 e. The molecule has 1 saturated carbocycles. The maximum absolute atomic E-state index is 13.4. The third-order valence-electron chi connectivity index (χ3n) is 4.33. The van der Waals surface area contributed by atoms with E-state index in [-0.39, 0.29) is 6.04 Å². The van der Waals surface area contributed by atoms with Gasteiger partial charge < -0.3 is 5.32 Å². The highest BCUT2D eigenvalue weighted by Crippen LogP contribution is 2.30. The second kappa shape index (κ2) is 7.72. The second-order valence-corrected chi connectivity index (χ2v) is 5.89. The van der Waals surface area contributed by atoms with Crippen LogP contribution < -0.4 is 5.32 Å². The van der Waals surface area contributed by atoms with Gasteiger partial charge in [0.25, 0.3) is 0 Å². The summed E-state index contributed by atoms with van der Waals surface area (Å²) in [5.41, 5.74) is 0.736. The topological polar surface area (TPSA) is 12.0 Å². The lowest BCUT2D eigenvalue weighted by Crippen LogP contribution is -2.22. The van der Waals surface area contributed by atoms with Crippen molar-refractivity contribution in [1.82, 2.24) is 5.32 Å². The summed E-state index contributed by atoms with van der Waals surface area (Å²) in [5.74, 6) is -0.176. The van der Waals surface area contributed by atoms with Crippen LogP contribution in [0.15, 0.2) is 18.2 Å². The lowest BCUT2D eigenvalue weighted by molar-refractivity contribution is 0.315. The first kappa shape index (κ1) is 15.4. The van der Waals surface area contributed by atoms with Gasteiger partial charge >= 0.3 is 0 Å². The van der Waals surface area contributed by atoms with Crippen LogP contribution in [-0.4, -0.2) is 6.54 Å². The van der Waals surface area contributed by atoms with Crippen LogP contribution in [0.4, 0.5) is 8.78 Å². The van der Waals surface area contributed by atoms with Gasteiger partial charge in [0.1, 0.15) is 11.6 Å². The van der Waals surface area contributed by atoms with Crippen LogP contribution in [0.5, 0.6) is 0 Å². The average Bonchev–Trinajstić information content (AvgIpc) is 2.43. The number of hydrogen-bond donors (Lipinski definition) is 1. The van der Waals surface area contributed by atoms with E-state index < -0.39 is 11.6 Å².